The third-order valence-electron chi connectivity index (χ3n) is 4.89. The molecule has 31 heavy (non-hydrogen) atoms. The van der Waals surface area contributed by atoms with Crippen molar-refractivity contribution in [3.63, 3.8) is 0 Å². The first-order valence-corrected chi connectivity index (χ1v) is 13.7. The first-order valence-electron chi connectivity index (χ1n) is 9.38. The Morgan fingerprint density at radius 1 is 1.16 bits per heavy atom. The fourth-order valence-electron chi connectivity index (χ4n) is 3.54. The van der Waals surface area contributed by atoms with E-state index in [1.165, 1.54) is 12.5 Å². The highest BCUT2D eigenvalue weighted by Gasteiger charge is 2.26. The predicted octanol–water partition coefficient (Wildman–Crippen LogP) is 2.78. The predicted molar refractivity (Wildman–Crippen MR) is 119 cm³/mol. The molecule has 1 aromatic carbocycles. The molecule has 4 aromatic rings. The summed E-state index contributed by atoms with van der Waals surface area (Å²) in [4.78, 5) is 12.0. The van der Waals surface area contributed by atoms with E-state index in [4.69, 9.17) is 11.6 Å². The second kappa shape index (κ2) is 7.88. The molecule has 0 amide bonds. The Morgan fingerprint density at radius 3 is 2.65 bits per heavy atom. The maximum Gasteiger partial charge on any atom is 0.195 e. The van der Waals surface area contributed by atoms with Crippen LogP contribution in [0.3, 0.4) is 0 Å². The van der Waals surface area contributed by atoms with Gasteiger partial charge in [0.05, 0.1) is 22.7 Å². The van der Waals surface area contributed by atoms with Gasteiger partial charge in [-0.25, -0.2) is 21.8 Å². The Labute approximate surface area is 184 Å². The number of aromatic amines is 1. The van der Waals surface area contributed by atoms with Gasteiger partial charge in [-0.05, 0) is 37.1 Å². The normalized spacial score (nSPS) is 13.8. The van der Waals surface area contributed by atoms with E-state index in [1.807, 2.05) is 0 Å². The topological polar surface area (TPSA) is 128 Å². The molecule has 0 aliphatic rings. The first kappa shape index (κ1) is 21.7. The molecule has 0 aliphatic heterocycles. The SMILES string of the molecule is CS(=O)(=O)CCCC(c1nc2cc(Cl)ccc2[nH]1)n1nc(S(C)(=O)=O)c2ccncc21. The number of halogens is 1. The molecule has 4 rings (SSSR count). The summed E-state index contributed by atoms with van der Waals surface area (Å²) in [6.45, 7) is 0. The van der Waals surface area contributed by atoms with Crippen molar-refractivity contribution in [1.29, 1.82) is 0 Å². The molecule has 1 atom stereocenters. The van der Waals surface area contributed by atoms with Crippen LogP contribution >= 0.6 is 11.6 Å². The number of imidazole rings is 1. The van der Waals surface area contributed by atoms with E-state index in [-0.39, 0.29) is 10.8 Å². The smallest absolute Gasteiger partial charge is 0.195 e. The third-order valence-corrected chi connectivity index (χ3v) is 7.16. The lowest BCUT2D eigenvalue weighted by Crippen LogP contribution is -2.16. The Bertz CT molecular complexity index is 1490. The molecule has 0 radical (unpaired) electrons. The average molecular weight is 482 g/mol. The van der Waals surface area contributed by atoms with Gasteiger partial charge < -0.3 is 4.98 Å². The minimum atomic E-state index is -3.60. The number of H-pyrrole nitrogens is 1. The summed E-state index contributed by atoms with van der Waals surface area (Å²) in [5.41, 5.74) is 1.92. The third kappa shape index (κ3) is 4.58. The molecule has 0 fully saturated rings. The van der Waals surface area contributed by atoms with Crippen molar-refractivity contribution >= 4 is 53.2 Å². The van der Waals surface area contributed by atoms with Crippen molar-refractivity contribution < 1.29 is 16.8 Å². The number of hydrogen-bond acceptors (Lipinski definition) is 7. The fraction of sp³-hybridized carbons (Fsp3) is 0.316. The molecule has 12 heteroatoms. The number of nitrogens with zero attached hydrogens (tertiary/aromatic N) is 4. The van der Waals surface area contributed by atoms with Gasteiger partial charge in [0.1, 0.15) is 21.7 Å². The van der Waals surface area contributed by atoms with Crippen LogP contribution in [-0.2, 0) is 19.7 Å². The first-order chi connectivity index (χ1) is 14.5. The zero-order valence-electron chi connectivity index (χ0n) is 16.8. The summed E-state index contributed by atoms with van der Waals surface area (Å²) in [5, 5.41) is 5.32. The minimum absolute atomic E-state index is 0.00799. The zero-order chi connectivity index (χ0) is 22.4. The van der Waals surface area contributed by atoms with E-state index in [9.17, 15) is 16.8 Å². The van der Waals surface area contributed by atoms with E-state index in [0.717, 1.165) is 11.8 Å². The van der Waals surface area contributed by atoms with Gasteiger partial charge in [0.15, 0.2) is 14.9 Å². The van der Waals surface area contributed by atoms with Crippen LogP contribution in [-0.4, -0.2) is 59.8 Å². The quantitative estimate of drug-likeness (QED) is 0.429. The van der Waals surface area contributed by atoms with E-state index < -0.39 is 25.7 Å². The average Bonchev–Trinajstić information content (AvgIpc) is 3.25. The maximum atomic E-state index is 12.3. The number of rotatable bonds is 7. The van der Waals surface area contributed by atoms with E-state index in [2.05, 4.69) is 20.1 Å². The van der Waals surface area contributed by atoms with Crippen LogP contribution in [0.5, 0.6) is 0 Å². The molecule has 0 bridgehead atoms. The van der Waals surface area contributed by atoms with Gasteiger partial charge in [-0.3, -0.25) is 9.67 Å². The molecular weight excluding hydrogens is 462 g/mol. The summed E-state index contributed by atoms with van der Waals surface area (Å²) in [5.74, 6) is 0.519. The lowest BCUT2D eigenvalue weighted by atomic mass is 10.1. The lowest BCUT2D eigenvalue weighted by molar-refractivity contribution is 0.469. The Morgan fingerprint density at radius 2 is 1.94 bits per heavy atom. The van der Waals surface area contributed by atoms with Crippen LogP contribution in [0.4, 0.5) is 0 Å². The molecule has 0 saturated carbocycles. The monoisotopic (exact) mass is 481 g/mol. The van der Waals surface area contributed by atoms with E-state index in [1.54, 1.807) is 35.1 Å². The minimum Gasteiger partial charge on any atom is -0.340 e. The van der Waals surface area contributed by atoms with Crippen LogP contribution < -0.4 is 0 Å². The zero-order valence-corrected chi connectivity index (χ0v) is 19.2. The number of fused-ring (bicyclic) bond motifs is 2. The van der Waals surface area contributed by atoms with Crippen molar-refractivity contribution in [2.45, 2.75) is 23.9 Å². The van der Waals surface area contributed by atoms with Gasteiger partial charge in [0, 0.05) is 34.9 Å². The number of pyridine rings is 1. The molecule has 9 nitrogen and oxygen atoms in total. The largest absolute Gasteiger partial charge is 0.340 e. The molecule has 3 heterocycles. The van der Waals surface area contributed by atoms with Crippen molar-refractivity contribution in [2.75, 3.05) is 18.3 Å². The standard InChI is InChI=1S/C19H20ClN5O4S2/c1-30(26,27)9-3-4-16(18-22-14-6-5-12(20)10-15(14)23-18)25-17-11-21-8-7-13(17)19(24-25)31(2,28)29/h5-8,10-11,16H,3-4,9H2,1-2H3,(H,22,23). The van der Waals surface area contributed by atoms with Crippen molar-refractivity contribution in [1.82, 2.24) is 24.7 Å². The van der Waals surface area contributed by atoms with Crippen molar-refractivity contribution in [3.8, 4) is 0 Å². The molecule has 0 saturated heterocycles. The Hall–Kier alpha value is -2.50. The summed E-state index contributed by atoms with van der Waals surface area (Å²) in [6.07, 6.45) is 6.04. The lowest BCUT2D eigenvalue weighted by Gasteiger charge is -2.16. The molecule has 1 N–H and O–H groups in total. The number of benzene rings is 1. The van der Waals surface area contributed by atoms with E-state index in [0.29, 0.717) is 40.1 Å². The Kier molecular flexibility index (Phi) is 5.52. The van der Waals surface area contributed by atoms with Crippen LogP contribution in [0, 0.1) is 0 Å². The highest BCUT2D eigenvalue weighted by atomic mass is 35.5. The highest BCUT2D eigenvalue weighted by molar-refractivity contribution is 7.91. The van der Waals surface area contributed by atoms with Gasteiger partial charge in [0.25, 0.3) is 0 Å². The summed E-state index contributed by atoms with van der Waals surface area (Å²) >= 11 is 6.08. The van der Waals surface area contributed by atoms with Crippen molar-refractivity contribution in [2.24, 2.45) is 0 Å². The second-order valence-corrected chi connectivity index (χ2v) is 12.1. The van der Waals surface area contributed by atoms with Gasteiger partial charge >= 0.3 is 0 Å². The number of nitrogens with one attached hydrogen (secondary N) is 1. The van der Waals surface area contributed by atoms with Gasteiger partial charge in [0.2, 0.25) is 0 Å². The molecule has 1 unspecified atom stereocenters. The summed E-state index contributed by atoms with van der Waals surface area (Å²) in [7, 11) is -6.76. The summed E-state index contributed by atoms with van der Waals surface area (Å²) in [6, 6.07) is 6.32. The molecule has 0 aliphatic carbocycles. The highest BCUT2D eigenvalue weighted by Crippen LogP contribution is 2.31. The number of hydrogen-bond donors (Lipinski definition) is 1. The van der Waals surface area contributed by atoms with Gasteiger partial charge in [-0.15, -0.1) is 0 Å². The second-order valence-electron chi connectivity index (χ2n) is 7.49. The van der Waals surface area contributed by atoms with Crippen LogP contribution in [0.2, 0.25) is 5.02 Å². The molecule has 3 aromatic heterocycles. The van der Waals surface area contributed by atoms with Gasteiger partial charge in [-0.1, -0.05) is 11.6 Å². The Balaban J connectivity index is 1.88. The number of aromatic nitrogens is 5. The molecule has 0 spiro atoms. The van der Waals surface area contributed by atoms with Crippen LogP contribution in [0.15, 0.2) is 41.7 Å². The number of sulfone groups is 2. The molecule has 164 valence electrons. The van der Waals surface area contributed by atoms with Crippen LogP contribution in [0.25, 0.3) is 21.9 Å². The summed E-state index contributed by atoms with van der Waals surface area (Å²) < 4.78 is 49.5. The van der Waals surface area contributed by atoms with Gasteiger partial charge in [-0.2, -0.15) is 5.10 Å². The van der Waals surface area contributed by atoms with E-state index >= 15 is 0 Å². The fourth-order valence-corrected chi connectivity index (χ4v) is 5.20. The molecular formula is C19H20ClN5O4S2. The van der Waals surface area contributed by atoms with Crippen molar-refractivity contribution in [3.05, 3.63) is 47.5 Å². The van der Waals surface area contributed by atoms with Crippen LogP contribution in [0.1, 0.15) is 24.7 Å². The maximum absolute atomic E-state index is 12.3.